The number of ether oxygens (including phenoxy) is 1. The molecule has 2 heterocycles. The zero-order valence-electron chi connectivity index (χ0n) is 19.0. The molecule has 0 spiro atoms. The van der Waals surface area contributed by atoms with Gasteiger partial charge in [0.2, 0.25) is 5.91 Å². The number of amides is 1. The molecule has 1 fully saturated rings. The van der Waals surface area contributed by atoms with Crippen molar-refractivity contribution in [1.29, 1.82) is 0 Å². The van der Waals surface area contributed by atoms with Crippen LogP contribution in [0.2, 0.25) is 0 Å². The number of nitrogens with one attached hydrogen (secondary N) is 1. The Morgan fingerprint density at radius 2 is 2.00 bits per heavy atom. The SMILES string of the molecule is COCCn1ncc(-c2nc(CC(=O)NCC3CCCCC3)cs2)c1-c1ccc(C)cc1. The van der Waals surface area contributed by atoms with E-state index < -0.39 is 0 Å². The standard InChI is InChI=1S/C25H32N4O2S/c1-18-8-10-20(11-9-18)24-22(16-27-29(24)12-13-31-2)25-28-21(17-32-25)14-23(30)26-15-19-6-4-3-5-7-19/h8-11,16-17,19H,3-7,12-15H2,1-2H3,(H,26,30). The first-order valence-corrected chi connectivity index (χ1v) is 12.3. The number of rotatable bonds is 9. The second-order valence-corrected chi connectivity index (χ2v) is 9.48. The molecule has 0 aliphatic heterocycles. The van der Waals surface area contributed by atoms with Gasteiger partial charge in [0.1, 0.15) is 5.01 Å². The highest BCUT2D eigenvalue weighted by Crippen LogP contribution is 2.34. The van der Waals surface area contributed by atoms with Crippen molar-refractivity contribution < 1.29 is 9.53 Å². The third-order valence-electron chi connectivity index (χ3n) is 6.11. The van der Waals surface area contributed by atoms with Crippen LogP contribution in [0.25, 0.3) is 21.8 Å². The summed E-state index contributed by atoms with van der Waals surface area (Å²) in [5, 5.41) is 10.6. The van der Waals surface area contributed by atoms with Gasteiger partial charge < -0.3 is 10.1 Å². The molecule has 1 aliphatic carbocycles. The van der Waals surface area contributed by atoms with Crippen molar-refractivity contribution >= 4 is 17.2 Å². The molecule has 1 amide bonds. The summed E-state index contributed by atoms with van der Waals surface area (Å²) >= 11 is 1.56. The van der Waals surface area contributed by atoms with Gasteiger partial charge in [0.05, 0.1) is 42.7 Å². The van der Waals surface area contributed by atoms with Gasteiger partial charge >= 0.3 is 0 Å². The van der Waals surface area contributed by atoms with Crippen molar-refractivity contribution in [2.45, 2.75) is 52.0 Å². The average Bonchev–Trinajstić information content (AvgIpc) is 3.44. The molecule has 0 atom stereocenters. The van der Waals surface area contributed by atoms with Gasteiger partial charge in [0.25, 0.3) is 0 Å². The highest BCUT2D eigenvalue weighted by Gasteiger charge is 2.19. The number of aromatic nitrogens is 3. The van der Waals surface area contributed by atoms with Crippen molar-refractivity contribution in [2.75, 3.05) is 20.3 Å². The number of methoxy groups -OCH3 is 1. The molecule has 6 nitrogen and oxygen atoms in total. The molecular weight excluding hydrogens is 420 g/mol. The molecule has 1 N–H and O–H groups in total. The molecule has 3 aromatic rings. The summed E-state index contributed by atoms with van der Waals surface area (Å²) in [4.78, 5) is 17.3. The monoisotopic (exact) mass is 452 g/mol. The Hall–Kier alpha value is -2.51. The quantitative estimate of drug-likeness (QED) is 0.503. The Morgan fingerprint density at radius 1 is 1.22 bits per heavy atom. The lowest BCUT2D eigenvalue weighted by atomic mass is 9.89. The van der Waals surface area contributed by atoms with Gasteiger partial charge in [-0.1, -0.05) is 49.1 Å². The second-order valence-electron chi connectivity index (χ2n) is 8.62. The third-order valence-corrected chi connectivity index (χ3v) is 7.03. The predicted octanol–water partition coefficient (Wildman–Crippen LogP) is 4.87. The molecular formula is C25H32N4O2S. The lowest BCUT2D eigenvalue weighted by Crippen LogP contribution is -2.31. The third kappa shape index (κ3) is 5.64. The molecule has 1 saturated carbocycles. The van der Waals surface area contributed by atoms with Crippen LogP contribution in [0, 0.1) is 12.8 Å². The van der Waals surface area contributed by atoms with Crippen LogP contribution in [-0.4, -0.2) is 40.9 Å². The van der Waals surface area contributed by atoms with E-state index in [1.807, 2.05) is 16.3 Å². The number of carbonyl (C=O) groups is 1. The molecule has 2 aromatic heterocycles. The highest BCUT2D eigenvalue weighted by molar-refractivity contribution is 7.13. The number of carbonyl (C=O) groups excluding carboxylic acids is 1. The van der Waals surface area contributed by atoms with Gasteiger partial charge in [-0.25, -0.2) is 4.98 Å². The second kappa shape index (κ2) is 10.9. The number of hydrogen-bond acceptors (Lipinski definition) is 5. The summed E-state index contributed by atoms with van der Waals surface area (Å²) in [6.45, 7) is 4.13. The first kappa shape index (κ1) is 22.7. The molecule has 4 rings (SSSR count). The number of benzene rings is 1. The minimum absolute atomic E-state index is 0.0574. The Kier molecular flexibility index (Phi) is 7.71. The van der Waals surface area contributed by atoms with Crippen molar-refractivity contribution in [2.24, 2.45) is 5.92 Å². The molecule has 0 unspecified atom stereocenters. The Labute approximate surface area is 194 Å². The molecule has 32 heavy (non-hydrogen) atoms. The first-order chi connectivity index (χ1) is 15.6. The first-order valence-electron chi connectivity index (χ1n) is 11.5. The van der Waals surface area contributed by atoms with Crippen molar-refractivity contribution in [1.82, 2.24) is 20.1 Å². The van der Waals surface area contributed by atoms with E-state index >= 15 is 0 Å². The fourth-order valence-electron chi connectivity index (χ4n) is 4.29. The maximum atomic E-state index is 12.5. The van der Waals surface area contributed by atoms with Gasteiger partial charge in [0.15, 0.2) is 0 Å². The lowest BCUT2D eigenvalue weighted by Gasteiger charge is -2.21. The van der Waals surface area contributed by atoms with Gasteiger partial charge in [-0.05, 0) is 25.7 Å². The van der Waals surface area contributed by atoms with Crippen LogP contribution in [0.3, 0.4) is 0 Å². The molecule has 7 heteroatoms. The Morgan fingerprint density at radius 3 is 2.75 bits per heavy atom. The molecule has 1 aliphatic rings. The van der Waals surface area contributed by atoms with Crippen molar-refractivity contribution in [3.05, 3.63) is 47.1 Å². The average molecular weight is 453 g/mol. The van der Waals surface area contributed by atoms with E-state index in [1.165, 1.54) is 37.7 Å². The number of hydrogen-bond donors (Lipinski definition) is 1. The zero-order chi connectivity index (χ0) is 22.3. The summed E-state index contributed by atoms with van der Waals surface area (Å²) in [6.07, 6.45) is 8.57. The van der Waals surface area contributed by atoms with E-state index in [0.29, 0.717) is 25.5 Å². The van der Waals surface area contributed by atoms with E-state index in [0.717, 1.165) is 34.1 Å². The highest BCUT2D eigenvalue weighted by atomic mass is 32.1. The van der Waals surface area contributed by atoms with Crippen LogP contribution in [0.5, 0.6) is 0 Å². The molecule has 0 radical (unpaired) electrons. The van der Waals surface area contributed by atoms with E-state index in [1.54, 1.807) is 18.4 Å². The van der Waals surface area contributed by atoms with Gasteiger partial charge in [0, 0.05) is 24.6 Å². The minimum atomic E-state index is 0.0574. The lowest BCUT2D eigenvalue weighted by molar-refractivity contribution is -0.120. The van der Waals surface area contributed by atoms with Gasteiger partial charge in [-0.3, -0.25) is 9.48 Å². The number of aryl methyl sites for hydroxylation is 1. The maximum absolute atomic E-state index is 12.5. The fraction of sp³-hybridized carbons (Fsp3) is 0.480. The zero-order valence-corrected chi connectivity index (χ0v) is 19.8. The van der Waals surface area contributed by atoms with Crippen LogP contribution < -0.4 is 5.32 Å². The van der Waals surface area contributed by atoms with E-state index in [9.17, 15) is 4.79 Å². The van der Waals surface area contributed by atoms with E-state index in [-0.39, 0.29) is 5.91 Å². The van der Waals surface area contributed by atoms with Crippen LogP contribution in [0.4, 0.5) is 0 Å². The molecule has 0 bridgehead atoms. The Bertz CT molecular complexity index is 1020. The van der Waals surface area contributed by atoms with Crippen LogP contribution >= 0.6 is 11.3 Å². The normalized spacial score (nSPS) is 14.6. The van der Waals surface area contributed by atoms with Crippen LogP contribution in [0.15, 0.2) is 35.8 Å². The number of thiazole rings is 1. The van der Waals surface area contributed by atoms with Gasteiger partial charge in [-0.2, -0.15) is 5.10 Å². The molecule has 170 valence electrons. The predicted molar refractivity (Wildman–Crippen MR) is 129 cm³/mol. The van der Waals surface area contributed by atoms with Crippen LogP contribution in [0.1, 0.15) is 43.4 Å². The number of nitrogens with zero attached hydrogens (tertiary/aromatic N) is 3. The fourth-order valence-corrected chi connectivity index (χ4v) is 5.12. The maximum Gasteiger partial charge on any atom is 0.226 e. The summed E-state index contributed by atoms with van der Waals surface area (Å²) in [5.74, 6) is 0.690. The van der Waals surface area contributed by atoms with Crippen LogP contribution in [-0.2, 0) is 22.5 Å². The topological polar surface area (TPSA) is 69.0 Å². The summed E-state index contributed by atoms with van der Waals surface area (Å²) in [7, 11) is 1.70. The Balaban J connectivity index is 1.48. The van der Waals surface area contributed by atoms with Gasteiger partial charge in [-0.15, -0.1) is 11.3 Å². The largest absolute Gasteiger partial charge is 0.383 e. The summed E-state index contributed by atoms with van der Waals surface area (Å²) < 4.78 is 7.24. The summed E-state index contributed by atoms with van der Waals surface area (Å²) in [6, 6.07) is 8.45. The van der Waals surface area contributed by atoms with E-state index in [2.05, 4.69) is 41.6 Å². The summed E-state index contributed by atoms with van der Waals surface area (Å²) in [5.41, 5.74) is 5.15. The smallest absolute Gasteiger partial charge is 0.226 e. The molecule has 0 saturated heterocycles. The molecule has 1 aromatic carbocycles. The minimum Gasteiger partial charge on any atom is -0.383 e. The van der Waals surface area contributed by atoms with Crippen molar-refractivity contribution in [3.8, 4) is 21.8 Å². The van der Waals surface area contributed by atoms with Crippen molar-refractivity contribution in [3.63, 3.8) is 0 Å². The van der Waals surface area contributed by atoms with E-state index in [4.69, 9.17) is 9.72 Å².